The van der Waals surface area contributed by atoms with E-state index in [4.69, 9.17) is 18.9 Å². The average molecular weight is 323 g/mol. The third kappa shape index (κ3) is 3.57. The Morgan fingerprint density at radius 3 is 2.74 bits per heavy atom. The van der Waals surface area contributed by atoms with Crippen LogP contribution in [0.1, 0.15) is 25.2 Å². The van der Waals surface area contributed by atoms with Gasteiger partial charge in [-0.2, -0.15) is 0 Å². The number of aliphatic hydroxyl groups is 1. The van der Waals surface area contributed by atoms with Crippen molar-refractivity contribution in [2.45, 2.75) is 50.3 Å². The van der Waals surface area contributed by atoms with E-state index in [0.29, 0.717) is 6.61 Å². The molecule has 1 aromatic rings. The van der Waals surface area contributed by atoms with Gasteiger partial charge in [-0.25, -0.2) is 0 Å². The van der Waals surface area contributed by atoms with Crippen LogP contribution < -0.4 is 5.32 Å². The van der Waals surface area contributed by atoms with Gasteiger partial charge in [-0.3, -0.25) is 0 Å². The van der Waals surface area contributed by atoms with Crippen molar-refractivity contribution in [2.24, 2.45) is 0 Å². The van der Waals surface area contributed by atoms with Gasteiger partial charge in [0.05, 0.1) is 12.6 Å². The maximum atomic E-state index is 10.8. The lowest BCUT2D eigenvalue weighted by Gasteiger charge is -2.47. The fourth-order valence-electron chi connectivity index (χ4n) is 3.10. The number of nitrogens with one attached hydrogen (secondary N) is 1. The second-order valence-corrected chi connectivity index (χ2v) is 5.93. The number of methoxy groups -OCH3 is 1. The van der Waals surface area contributed by atoms with Gasteiger partial charge in [-0.1, -0.05) is 37.3 Å². The number of hydrogen-bond donors (Lipinski definition) is 2. The lowest BCUT2D eigenvalue weighted by molar-refractivity contribution is -0.341. The van der Waals surface area contributed by atoms with Crippen LogP contribution >= 0.6 is 0 Å². The molecule has 1 unspecified atom stereocenters. The van der Waals surface area contributed by atoms with Crippen molar-refractivity contribution < 1.29 is 24.1 Å². The third-order valence-electron chi connectivity index (χ3n) is 4.30. The van der Waals surface area contributed by atoms with Gasteiger partial charge in [-0.15, -0.1) is 0 Å². The quantitative estimate of drug-likeness (QED) is 0.849. The zero-order valence-electron chi connectivity index (χ0n) is 13.6. The molecule has 6 heteroatoms. The van der Waals surface area contributed by atoms with Gasteiger partial charge < -0.3 is 29.4 Å². The van der Waals surface area contributed by atoms with E-state index >= 15 is 0 Å². The van der Waals surface area contributed by atoms with Crippen molar-refractivity contribution in [2.75, 3.05) is 20.3 Å². The maximum Gasteiger partial charge on any atom is 0.184 e. The minimum Gasteiger partial charge on any atom is -0.388 e. The van der Waals surface area contributed by atoms with Crippen LogP contribution in [0.5, 0.6) is 0 Å². The van der Waals surface area contributed by atoms with Crippen molar-refractivity contribution in [3.8, 4) is 0 Å². The predicted octanol–water partition coefficient (Wildman–Crippen LogP) is 1.20. The molecule has 2 aliphatic heterocycles. The van der Waals surface area contributed by atoms with Gasteiger partial charge in [-0.05, 0) is 13.0 Å². The van der Waals surface area contributed by atoms with E-state index < -0.39 is 24.8 Å². The second kappa shape index (κ2) is 7.70. The van der Waals surface area contributed by atoms with Crippen molar-refractivity contribution >= 4 is 0 Å². The van der Waals surface area contributed by atoms with Crippen LogP contribution in [-0.4, -0.2) is 56.0 Å². The number of benzene rings is 1. The summed E-state index contributed by atoms with van der Waals surface area (Å²) in [5.74, 6) is 0. The van der Waals surface area contributed by atoms with Gasteiger partial charge in [0.25, 0.3) is 0 Å². The number of ether oxygens (including phenoxy) is 4. The lowest BCUT2D eigenvalue weighted by Crippen LogP contribution is -2.66. The van der Waals surface area contributed by atoms with Crippen LogP contribution in [0.15, 0.2) is 30.3 Å². The first kappa shape index (κ1) is 16.8. The summed E-state index contributed by atoms with van der Waals surface area (Å²) < 4.78 is 23.0. The van der Waals surface area contributed by atoms with Crippen molar-refractivity contribution in [3.05, 3.63) is 35.9 Å². The molecule has 2 aliphatic rings. The first-order valence-corrected chi connectivity index (χ1v) is 8.16. The lowest BCUT2D eigenvalue weighted by atomic mass is 9.95. The largest absolute Gasteiger partial charge is 0.388 e. The Bertz CT molecular complexity index is 485. The summed E-state index contributed by atoms with van der Waals surface area (Å²) >= 11 is 0. The summed E-state index contributed by atoms with van der Waals surface area (Å²) in [4.78, 5) is 0. The van der Waals surface area contributed by atoms with E-state index in [1.54, 1.807) is 7.11 Å². The van der Waals surface area contributed by atoms with E-state index in [1.165, 1.54) is 0 Å². The van der Waals surface area contributed by atoms with E-state index in [9.17, 15) is 5.11 Å². The molecule has 0 bridgehead atoms. The van der Waals surface area contributed by atoms with Crippen LogP contribution in [0.4, 0.5) is 0 Å². The number of aliphatic hydroxyl groups excluding tert-OH is 1. The molecule has 2 fully saturated rings. The monoisotopic (exact) mass is 323 g/mol. The molecule has 128 valence electrons. The molecule has 0 aromatic heterocycles. The van der Waals surface area contributed by atoms with Gasteiger partial charge >= 0.3 is 0 Å². The van der Waals surface area contributed by atoms with Crippen LogP contribution in [0.2, 0.25) is 0 Å². The molecule has 0 saturated carbocycles. The topological polar surface area (TPSA) is 69.2 Å². The fraction of sp³-hybridized carbons (Fsp3) is 0.647. The van der Waals surface area contributed by atoms with Crippen molar-refractivity contribution in [1.82, 2.24) is 5.32 Å². The average Bonchev–Trinajstić information content (AvgIpc) is 2.61. The van der Waals surface area contributed by atoms with Crippen LogP contribution in [-0.2, 0) is 18.9 Å². The van der Waals surface area contributed by atoms with Gasteiger partial charge in [0.1, 0.15) is 18.3 Å². The summed E-state index contributed by atoms with van der Waals surface area (Å²) in [5, 5.41) is 14.0. The smallest absolute Gasteiger partial charge is 0.184 e. The van der Waals surface area contributed by atoms with Crippen molar-refractivity contribution in [3.63, 3.8) is 0 Å². The fourth-order valence-corrected chi connectivity index (χ4v) is 3.10. The number of fused-ring (bicyclic) bond motifs is 1. The highest BCUT2D eigenvalue weighted by Crippen LogP contribution is 2.34. The van der Waals surface area contributed by atoms with Crippen LogP contribution in [0.25, 0.3) is 0 Å². The summed E-state index contributed by atoms with van der Waals surface area (Å²) in [6.07, 6.45) is -1.55. The van der Waals surface area contributed by atoms with Crippen molar-refractivity contribution in [1.29, 1.82) is 0 Å². The zero-order valence-corrected chi connectivity index (χ0v) is 13.6. The molecule has 2 heterocycles. The Morgan fingerprint density at radius 1 is 1.26 bits per heavy atom. The third-order valence-corrected chi connectivity index (χ3v) is 4.30. The molecule has 6 atom stereocenters. The Morgan fingerprint density at radius 2 is 2.04 bits per heavy atom. The molecule has 6 nitrogen and oxygen atoms in total. The summed E-state index contributed by atoms with van der Waals surface area (Å²) in [5.41, 5.74) is 0.935. The minimum atomic E-state index is -0.722. The molecule has 0 aliphatic carbocycles. The van der Waals surface area contributed by atoms with E-state index in [-0.39, 0.29) is 12.1 Å². The molecular formula is C17H25NO5. The number of rotatable bonds is 5. The van der Waals surface area contributed by atoms with Gasteiger partial charge in [0.2, 0.25) is 0 Å². The first-order valence-electron chi connectivity index (χ1n) is 8.16. The van der Waals surface area contributed by atoms with Gasteiger partial charge in [0, 0.05) is 12.7 Å². The highest BCUT2D eigenvalue weighted by Gasteiger charge is 2.49. The second-order valence-electron chi connectivity index (χ2n) is 5.93. The molecule has 3 rings (SSSR count). The molecule has 0 radical (unpaired) electrons. The molecule has 2 saturated heterocycles. The predicted molar refractivity (Wildman–Crippen MR) is 83.8 cm³/mol. The summed E-state index contributed by atoms with van der Waals surface area (Å²) in [6.45, 7) is 3.21. The summed E-state index contributed by atoms with van der Waals surface area (Å²) in [7, 11) is 1.58. The Hall–Kier alpha value is -1.02. The highest BCUT2D eigenvalue weighted by molar-refractivity contribution is 5.16. The molecule has 2 N–H and O–H groups in total. The van der Waals surface area contributed by atoms with E-state index in [1.807, 2.05) is 30.3 Å². The normalized spacial score (nSPS) is 37.3. The van der Waals surface area contributed by atoms with Crippen LogP contribution in [0, 0.1) is 0 Å². The van der Waals surface area contributed by atoms with E-state index in [2.05, 4.69) is 12.2 Å². The molecule has 0 spiro atoms. The van der Waals surface area contributed by atoms with Gasteiger partial charge in [0.15, 0.2) is 12.6 Å². The molecule has 0 amide bonds. The highest BCUT2D eigenvalue weighted by atomic mass is 16.7. The Kier molecular flexibility index (Phi) is 5.63. The molecular weight excluding hydrogens is 298 g/mol. The van der Waals surface area contributed by atoms with Crippen LogP contribution in [0.3, 0.4) is 0 Å². The summed E-state index contributed by atoms with van der Waals surface area (Å²) in [6, 6.07) is 9.40. The SMILES string of the molecule is CCCN[C@H]1[C@@H](OC)O[C@@H]2COC(c3ccccc3)O[C@H]2[C@@H]1O. The first-order chi connectivity index (χ1) is 11.2. The minimum absolute atomic E-state index is 0.323. The Labute approximate surface area is 136 Å². The number of hydrogen-bond acceptors (Lipinski definition) is 6. The Balaban J connectivity index is 1.72. The van der Waals surface area contributed by atoms with E-state index in [0.717, 1.165) is 18.5 Å². The molecule has 23 heavy (non-hydrogen) atoms. The standard InChI is InChI=1S/C17H25NO5/c1-3-9-18-13-14(19)15-12(22-17(13)20-2)10-21-16(23-15)11-7-5-4-6-8-11/h4-8,12-19H,3,9-10H2,1-2H3/t12-,13-,14-,15-,16?,17+/m1/s1. The molecule has 1 aromatic carbocycles. The maximum absolute atomic E-state index is 10.8. The zero-order chi connectivity index (χ0) is 16.2.